The molecule has 1 aromatic carbocycles. The predicted molar refractivity (Wildman–Crippen MR) is 55.2 cm³/mol. The maximum atomic E-state index is 12.5. The lowest BCUT2D eigenvalue weighted by atomic mass is 10.1. The Hall–Kier alpha value is -1.98. The number of halogens is 3. The number of nitrogens with two attached hydrogens (primary N) is 1. The molecule has 0 bridgehead atoms. The fourth-order valence-corrected chi connectivity index (χ4v) is 1.47. The Balaban J connectivity index is 2.22. The number of benzene rings is 1. The molecule has 1 aromatic heterocycles. The van der Waals surface area contributed by atoms with Crippen LogP contribution in [0.5, 0.6) is 0 Å². The number of aromatic nitrogens is 1. The summed E-state index contributed by atoms with van der Waals surface area (Å²) in [7, 11) is 0. The van der Waals surface area contributed by atoms with Crippen LogP contribution < -0.4 is 5.73 Å². The van der Waals surface area contributed by atoms with Crippen molar-refractivity contribution < 1.29 is 17.7 Å². The van der Waals surface area contributed by atoms with Crippen LogP contribution in [-0.4, -0.2) is 5.16 Å². The first kappa shape index (κ1) is 11.5. The molecule has 17 heavy (non-hydrogen) atoms. The van der Waals surface area contributed by atoms with Crippen molar-refractivity contribution in [2.75, 3.05) is 5.73 Å². The minimum atomic E-state index is -4.34. The van der Waals surface area contributed by atoms with E-state index in [1.54, 1.807) is 6.07 Å². The molecule has 0 aliphatic rings. The Labute approximate surface area is 95.0 Å². The number of rotatable bonds is 2. The van der Waals surface area contributed by atoms with Crippen LogP contribution >= 0.6 is 0 Å². The van der Waals surface area contributed by atoms with Crippen molar-refractivity contribution in [2.45, 2.75) is 12.6 Å². The van der Waals surface area contributed by atoms with Crippen LogP contribution in [0.25, 0.3) is 0 Å². The number of nitrogen functional groups attached to an aromatic ring is 1. The zero-order chi connectivity index (χ0) is 12.5. The minimum Gasteiger partial charge on any atom is -0.381 e. The van der Waals surface area contributed by atoms with Crippen LogP contribution in [0.15, 0.2) is 34.9 Å². The molecule has 0 aliphatic heterocycles. The third-order valence-electron chi connectivity index (χ3n) is 2.21. The van der Waals surface area contributed by atoms with Gasteiger partial charge in [0, 0.05) is 12.5 Å². The fraction of sp³-hybridized carbons (Fsp3) is 0.182. The molecule has 3 nitrogen and oxygen atoms in total. The van der Waals surface area contributed by atoms with Crippen molar-refractivity contribution in [1.82, 2.24) is 5.16 Å². The van der Waals surface area contributed by atoms with E-state index in [1.807, 2.05) is 0 Å². The molecule has 1 heterocycles. The first-order chi connectivity index (χ1) is 7.95. The van der Waals surface area contributed by atoms with Gasteiger partial charge in [0.2, 0.25) is 0 Å². The van der Waals surface area contributed by atoms with Crippen molar-refractivity contribution in [2.24, 2.45) is 0 Å². The highest BCUT2D eigenvalue weighted by Gasteiger charge is 2.30. The quantitative estimate of drug-likeness (QED) is 0.880. The van der Waals surface area contributed by atoms with Gasteiger partial charge < -0.3 is 10.3 Å². The standard InChI is InChI=1S/C11H9F3N2O/c12-11(13,14)8-3-1-2-7(4-8)5-9-6-10(15)16-17-9/h1-4,6H,5H2,(H2,15,16). The van der Waals surface area contributed by atoms with Crippen LogP contribution in [0.1, 0.15) is 16.9 Å². The zero-order valence-electron chi connectivity index (χ0n) is 8.66. The van der Waals surface area contributed by atoms with E-state index in [4.69, 9.17) is 10.3 Å². The number of nitrogens with zero attached hydrogens (tertiary/aromatic N) is 1. The normalized spacial score (nSPS) is 11.7. The average Bonchev–Trinajstić information content (AvgIpc) is 2.63. The van der Waals surface area contributed by atoms with E-state index in [2.05, 4.69) is 5.16 Å². The monoisotopic (exact) mass is 242 g/mol. The second-order valence-corrected chi connectivity index (χ2v) is 3.59. The topological polar surface area (TPSA) is 52.0 Å². The number of hydrogen-bond donors (Lipinski definition) is 1. The van der Waals surface area contributed by atoms with Gasteiger partial charge in [0.15, 0.2) is 5.82 Å². The molecule has 0 spiro atoms. The van der Waals surface area contributed by atoms with Crippen molar-refractivity contribution >= 4 is 5.82 Å². The van der Waals surface area contributed by atoms with Crippen LogP contribution in [0.2, 0.25) is 0 Å². The molecule has 2 rings (SSSR count). The molecule has 0 amide bonds. The van der Waals surface area contributed by atoms with Crippen LogP contribution in [-0.2, 0) is 12.6 Å². The van der Waals surface area contributed by atoms with E-state index in [9.17, 15) is 13.2 Å². The average molecular weight is 242 g/mol. The van der Waals surface area contributed by atoms with E-state index in [0.717, 1.165) is 12.1 Å². The summed E-state index contributed by atoms with van der Waals surface area (Å²) >= 11 is 0. The molecular formula is C11H9F3N2O. The van der Waals surface area contributed by atoms with Gasteiger partial charge in [0.1, 0.15) is 5.76 Å². The third kappa shape index (κ3) is 2.77. The summed E-state index contributed by atoms with van der Waals surface area (Å²) < 4.78 is 42.2. The molecule has 0 saturated heterocycles. The molecule has 0 fully saturated rings. The first-order valence-electron chi connectivity index (χ1n) is 4.82. The van der Waals surface area contributed by atoms with Crippen LogP contribution in [0.3, 0.4) is 0 Å². The Morgan fingerprint density at radius 2 is 2.00 bits per heavy atom. The van der Waals surface area contributed by atoms with Crippen LogP contribution in [0, 0.1) is 0 Å². The second kappa shape index (κ2) is 4.12. The van der Waals surface area contributed by atoms with Gasteiger partial charge in [-0.05, 0) is 11.6 Å². The molecule has 0 aliphatic carbocycles. The van der Waals surface area contributed by atoms with E-state index >= 15 is 0 Å². The number of hydrogen-bond acceptors (Lipinski definition) is 3. The lowest BCUT2D eigenvalue weighted by Gasteiger charge is -2.07. The largest absolute Gasteiger partial charge is 0.416 e. The second-order valence-electron chi connectivity index (χ2n) is 3.59. The van der Waals surface area contributed by atoms with Crippen molar-refractivity contribution in [3.63, 3.8) is 0 Å². The summed E-state index contributed by atoms with van der Waals surface area (Å²) in [5.74, 6) is 0.647. The molecule has 2 N–H and O–H groups in total. The van der Waals surface area contributed by atoms with Gasteiger partial charge in [-0.3, -0.25) is 0 Å². The third-order valence-corrected chi connectivity index (χ3v) is 2.21. The van der Waals surface area contributed by atoms with Crippen LogP contribution in [0.4, 0.5) is 19.0 Å². The van der Waals surface area contributed by atoms with E-state index in [0.29, 0.717) is 11.3 Å². The minimum absolute atomic E-state index is 0.215. The smallest absolute Gasteiger partial charge is 0.381 e. The number of alkyl halides is 3. The molecule has 0 radical (unpaired) electrons. The molecular weight excluding hydrogens is 233 g/mol. The van der Waals surface area contributed by atoms with Gasteiger partial charge in [-0.1, -0.05) is 23.4 Å². The van der Waals surface area contributed by atoms with Crippen molar-refractivity contribution in [3.8, 4) is 0 Å². The maximum Gasteiger partial charge on any atom is 0.416 e. The van der Waals surface area contributed by atoms with Gasteiger partial charge in [-0.2, -0.15) is 13.2 Å². The summed E-state index contributed by atoms with van der Waals surface area (Å²) in [6, 6.07) is 6.54. The van der Waals surface area contributed by atoms with Crippen molar-refractivity contribution in [3.05, 3.63) is 47.2 Å². The highest BCUT2D eigenvalue weighted by Crippen LogP contribution is 2.30. The van der Waals surface area contributed by atoms with Gasteiger partial charge in [-0.15, -0.1) is 0 Å². The summed E-state index contributed by atoms with van der Waals surface area (Å²) in [6.45, 7) is 0. The maximum absolute atomic E-state index is 12.5. The highest BCUT2D eigenvalue weighted by molar-refractivity contribution is 5.32. The zero-order valence-corrected chi connectivity index (χ0v) is 8.66. The van der Waals surface area contributed by atoms with E-state index < -0.39 is 11.7 Å². The molecule has 0 unspecified atom stereocenters. The Morgan fingerprint density at radius 3 is 2.59 bits per heavy atom. The Kier molecular flexibility index (Phi) is 2.79. The lowest BCUT2D eigenvalue weighted by molar-refractivity contribution is -0.137. The van der Waals surface area contributed by atoms with Gasteiger partial charge >= 0.3 is 6.18 Å². The molecule has 2 aromatic rings. The molecule has 0 atom stereocenters. The SMILES string of the molecule is Nc1cc(Cc2cccc(C(F)(F)F)c2)on1. The summed E-state index contributed by atoms with van der Waals surface area (Å²) in [4.78, 5) is 0. The number of anilines is 1. The Morgan fingerprint density at radius 1 is 1.24 bits per heavy atom. The highest BCUT2D eigenvalue weighted by atomic mass is 19.4. The van der Waals surface area contributed by atoms with E-state index in [1.165, 1.54) is 12.1 Å². The van der Waals surface area contributed by atoms with Gasteiger partial charge in [-0.25, -0.2) is 0 Å². The summed E-state index contributed by atoms with van der Waals surface area (Å²) in [5, 5.41) is 3.46. The first-order valence-corrected chi connectivity index (χ1v) is 4.82. The summed E-state index contributed by atoms with van der Waals surface area (Å²) in [6.07, 6.45) is -4.11. The molecule has 90 valence electrons. The predicted octanol–water partition coefficient (Wildman–Crippen LogP) is 2.87. The Bertz CT molecular complexity index is 519. The summed E-state index contributed by atoms with van der Waals surface area (Å²) in [5.41, 5.74) is 5.16. The molecule has 0 saturated carbocycles. The van der Waals surface area contributed by atoms with Gasteiger partial charge in [0.05, 0.1) is 5.56 Å². The van der Waals surface area contributed by atoms with Gasteiger partial charge in [0.25, 0.3) is 0 Å². The van der Waals surface area contributed by atoms with E-state index in [-0.39, 0.29) is 12.2 Å². The van der Waals surface area contributed by atoms with Crippen molar-refractivity contribution in [1.29, 1.82) is 0 Å². The fourth-order valence-electron chi connectivity index (χ4n) is 1.47. The molecule has 6 heteroatoms. The lowest BCUT2D eigenvalue weighted by Crippen LogP contribution is -2.05.